The van der Waals surface area contributed by atoms with E-state index in [-0.39, 0.29) is 5.91 Å². The monoisotopic (exact) mass is 323 g/mol. The van der Waals surface area contributed by atoms with Crippen LogP contribution < -0.4 is 5.32 Å². The molecule has 1 aromatic carbocycles. The van der Waals surface area contributed by atoms with Crippen LogP contribution in [0.1, 0.15) is 34.4 Å². The molecule has 0 unspecified atom stereocenters. The van der Waals surface area contributed by atoms with Crippen molar-refractivity contribution in [3.63, 3.8) is 0 Å². The van der Waals surface area contributed by atoms with E-state index >= 15 is 0 Å². The number of aryl methyl sites for hydroxylation is 3. The zero-order chi connectivity index (χ0) is 17.1. The van der Waals surface area contributed by atoms with E-state index in [2.05, 4.69) is 21.6 Å². The molecule has 24 heavy (non-hydrogen) atoms. The molecular formula is C18H21N5O. The van der Waals surface area contributed by atoms with Gasteiger partial charge in [-0.2, -0.15) is 10.2 Å². The number of benzene rings is 1. The minimum absolute atomic E-state index is 0.203. The van der Waals surface area contributed by atoms with E-state index in [1.807, 2.05) is 49.7 Å². The molecular weight excluding hydrogens is 302 g/mol. The Labute approximate surface area is 141 Å². The Morgan fingerprint density at radius 3 is 2.67 bits per heavy atom. The molecule has 0 aliphatic rings. The average Bonchev–Trinajstić information content (AvgIpc) is 3.14. The predicted molar refractivity (Wildman–Crippen MR) is 93.1 cm³/mol. The third kappa shape index (κ3) is 3.53. The van der Waals surface area contributed by atoms with Crippen molar-refractivity contribution in [2.45, 2.75) is 33.9 Å². The Morgan fingerprint density at radius 2 is 2.00 bits per heavy atom. The van der Waals surface area contributed by atoms with Gasteiger partial charge >= 0.3 is 0 Å². The Bertz CT molecular complexity index is 862. The number of carbonyl (C=O) groups excluding carboxylic acids is 1. The summed E-state index contributed by atoms with van der Waals surface area (Å²) < 4.78 is 3.69. The second-order valence-corrected chi connectivity index (χ2v) is 5.80. The summed E-state index contributed by atoms with van der Waals surface area (Å²) in [5, 5.41) is 11.6. The lowest BCUT2D eigenvalue weighted by molar-refractivity contribution is 0.102. The Balaban J connectivity index is 1.73. The fourth-order valence-electron chi connectivity index (χ4n) is 2.61. The first-order valence-corrected chi connectivity index (χ1v) is 8.00. The molecule has 2 heterocycles. The third-order valence-corrected chi connectivity index (χ3v) is 3.82. The summed E-state index contributed by atoms with van der Waals surface area (Å²) in [5.74, 6) is -0.203. The van der Waals surface area contributed by atoms with Crippen molar-refractivity contribution in [2.75, 3.05) is 5.32 Å². The fourth-order valence-corrected chi connectivity index (χ4v) is 2.61. The van der Waals surface area contributed by atoms with Crippen LogP contribution in [0.4, 0.5) is 5.69 Å². The average molecular weight is 323 g/mol. The lowest BCUT2D eigenvalue weighted by Gasteiger charge is -2.08. The molecule has 0 saturated heterocycles. The normalized spacial score (nSPS) is 10.8. The van der Waals surface area contributed by atoms with Gasteiger partial charge in [-0.15, -0.1) is 0 Å². The van der Waals surface area contributed by atoms with Gasteiger partial charge in [0.15, 0.2) is 5.69 Å². The summed E-state index contributed by atoms with van der Waals surface area (Å²) in [7, 11) is 0. The summed E-state index contributed by atoms with van der Waals surface area (Å²) >= 11 is 0. The SMILES string of the molecule is CCn1ccc(C(=O)Nc2cccc(Cn3nc(C)cc3C)c2)n1. The fraction of sp³-hybridized carbons (Fsp3) is 0.278. The number of rotatable bonds is 5. The molecule has 124 valence electrons. The standard InChI is InChI=1S/C18H21N5O/c1-4-22-9-8-17(21-22)18(24)19-16-7-5-6-15(11-16)12-23-14(3)10-13(2)20-23/h5-11H,4,12H2,1-3H3,(H,19,24). The quantitative estimate of drug-likeness (QED) is 0.785. The predicted octanol–water partition coefficient (Wildman–Crippen LogP) is 3.02. The minimum atomic E-state index is -0.203. The van der Waals surface area contributed by atoms with Gasteiger partial charge in [0.05, 0.1) is 12.2 Å². The number of hydrogen-bond acceptors (Lipinski definition) is 3. The number of anilines is 1. The van der Waals surface area contributed by atoms with Crippen LogP contribution in [0.15, 0.2) is 42.6 Å². The molecule has 6 nitrogen and oxygen atoms in total. The van der Waals surface area contributed by atoms with Crippen molar-refractivity contribution in [2.24, 2.45) is 0 Å². The maximum atomic E-state index is 12.3. The highest BCUT2D eigenvalue weighted by Gasteiger charge is 2.10. The maximum Gasteiger partial charge on any atom is 0.276 e. The van der Waals surface area contributed by atoms with Gasteiger partial charge in [-0.1, -0.05) is 12.1 Å². The van der Waals surface area contributed by atoms with Crippen molar-refractivity contribution in [3.05, 3.63) is 65.2 Å². The van der Waals surface area contributed by atoms with Crippen LogP contribution in [-0.4, -0.2) is 25.5 Å². The Morgan fingerprint density at radius 1 is 1.17 bits per heavy atom. The molecule has 0 aliphatic heterocycles. The molecule has 3 rings (SSSR count). The third-order valence-electron chi connectivity index (χ3n) is 3.82. The van der Waals surface area contributed by atoms with E-state index in [0.29, 0.717) is 12.2 Å². The van der Waals surface area contributed by atoms with Gasteiger partial charge < -0.3 is 5.32 Å². The smallest absolute Gasteiger partial charge is 0.276 e. The van der Waals surface area contributed by atoms with Gasteiger partial charge in [-0.25, -0.2) is 0 Å². The van der Waals surface area contributed by atoms with Crippen LogP contribution >= 0.6 is 0 Å². The van der Waals surface area contributed by atoms with Crippen LogP contribution in [-0.2, 0) is 13.1 Å². The second kappa shape index (κ2) is 6.70. The molecule has 0 atom stereocenters. The van der Waals surface area contributed by atoms with Crippen LogP contribution in [0.2, 0.25) is 0 Å². The number of hydrogen-bond donors (Lipinski definition) is 1. The van der Waals surface area contributed by atoms with Crippen LogP contribution in [0, 0.1) is 13.8 Å². The molecule has 0 radical (unpaired) electrons. The highest BCUT2D eigenvalue weighted by Crippen LogP contribution is 2.14. The summed E-state index contributed by atoms with van der Waals surface area (Å²) in [4.78, 5) is 12.3. The largest absolute Gasteiger partial charge is 0.321 e. The van der Waals surface area contributed by atoms with Crippen molar-refractivity contribution in [3.8, 4) is 0 Å². The lowest BCUT2D eigenvalue weighted by atomic mass is 10.2. The molecule has 0 saturated carbocycles. The number of carbonyl (C=O) groups is 1. The van der Waals surface area contributed by atoms with Crippen LogP contribution in [0.3, 0.4) is 0 Å². The zero-order valence-corrected chi connectivity index (χ0v) is 14.2. The van der Waals surface area contributed by atoms with Gasteiger partial charge in [-0.05, 0) is 50.6 Å². The topological polar surface area (TPSA) is 64.7 Å². The zero-order valence-electron chi connectivity index (χ0n) is 14.2. The Kier molecular flexibility index (Phi) is 4.46. The number of nitrogens with zero attached hydrogens (tertiary/aromatic N) is 4. The van der Waals surface area contributed by atoms with Crippen molar-refractivity contribution >= 4 is 11.6 Å². The number of nitrogens with one attached hydrogen (secondary N) is 1. The van der Waals surface area contributed by atoms with E-state index < -0.39 is 0 Å². The van der Waals surface area contributed by atoms with E-state index in [1.165, 1.54) is 0 Å². The summed E-state index contributed by atoms with van der Waals surface area (Å²) in [6.07, 6.45) is 1.80. The van der Waals surface area contributed by atoms with Crippen LogP contribution in [0.25, 0.3) is 0 Å². The highest BCUT2D eigenvalue weighted by molar-refractivity contribution is 6.02. The second-order valence-electron chi connectivity index (χ2n) is 5.80. The Hall–Kier alpha value is -2.89. The van der Waals surface area contributed by atoms with E-state index in [4.69, 9.17) is 0 Å². The van der Waals surface area contributed by atoms with Crippen molar-refractivity contribution in [1.82, 2.24) is 19.6 Å². The first kappa shape index (κ1) is 16.0. The van der Waals surface area contributed by atoms with Gasteiger partial charge in [0.2, 0.25) is 0 Å². The molecule has 0 spiro atoms. The molecule has 2 aromatic heterocycles. The van der Waals surface area contributed by atoms with Gasteiger partial charge in [0.1, 0.15) is 0 Å². The van der Waals surface area contributed by atoms with E-state index in [0.717, 1.165) is 29.2 Å². The first-order chi connectivity index (χ1) is 11.5. The van der Waals surface area contributed by atoms with E-state index in [9.17, 15) is 4.79 Å². The number of aromatic nitrogens is 4. The van der Waals surface area contributed by atoms with Gasteiger partial charge in [0.25, 0.3) is 5.91 Å². The molecule has 1 amide bonds. The molecule has 0 fully saturated rings. The first-order valence-electron chi connectivity index (χ1n) is 8.00. The molecule has 6 heteroatoms. The summed E-state index contributed by atoms with van der Waals surface area (Å²) in [6, 6.07) is 11.6. The summed E-state index contributed by atoms with van der Waals surface area (Å²) in [6.45, 7) is 7.42. The van der Waals surface area contributed by atoms with E-state index in [1.54, 1.807) is 16.9 Å². The van der Waals surface area contributed by atoms with Gasteiger partial charge in [0, 0.05) is 24.1 Å². The maximum absolute atomic E-state index is 12.3. The molecule has 3 aromatic rings. The minimum Gasteiger partial charge on any atom is -0.321 e. The van der Waals surface area contributed by atoms with Crippen molar-refractivity contribution < 1.29 is 4.79 Å². The summed E-state index contributed by atoms with van der Waals surface area (Å²) in [5.41, 5.74) is 4.37. The lowest BCUT2D eigenvalue weighted by Crippen LogP contribution is -2.13. The van der Waals surface area contributed by atoms with Crippen molar-refractivity contribution in [1.29, 1.82) is 0 Å². The molecule has 0 bridgehead atoms. The molecule has 0 aliphatic carbocycles. The highest BCUT2D eigenvalue weighted by atomic mass is 16.1. The van der Waals surface area contributed by atoms with Gasteiger partial charge in [-0.3, -0.25) is 14.2 Å². The van der Waals surface area contributed by atoms with Crippen LogP contribution in [0.5, 0.6) is 0 Å². The molecule has 1 N–H and O–H groups in total. The number of amides is 1.